The summed E-state index contributed by atoms with van der Waals surface area (Å²) in [5.41, 5.74) is 5.25. The van der Waals surface area contributed by atoms with Gasteiger partial charge in [-0.2, -0.15) is 12.6 Å². The third-order valence-corrected chi connectivity index (χ3v) is 3.11. The topological polar surface area (TPSA) is 12.9 Å². The van der Waals surface area contributed by atoms with E-state index in [4.69, 9.17) is 0 Å². The van der Waals surface area contributed by atoms with Crippen molar-refractivity contribution in [3.05, 3.63) is 28.6 Å². The zero-order valence-corrected chi connectivity index (χ0v) is 8.90. The first kappa shape index (κ1) is 9.07. The lowest BCUT2D eigenvalue weighted by atomic mass is 9.94. The maximum absolute atomic E-state index is 4.64. The Kier molecular flexibility index (Phi) is 2.58. The zero-order chi connectivity index (χ0) is 9.26. The van der Waals surface area contributed by atoms with Crippen LogP contribution in [0.4, 0.5) is 0 Å². The van der Waals surface area contributed by atoms with Crippen molar-refractivity contribution in [3.63, 3.8) is 0 Å². The van der Waals surface area contributed by atoms with Crippen LogP contribution in [-0.4, -0.2) is 4.98 Å². The van der Waals surface area contributed by atoms with Gasteiger partial charge in [-0.3, -0.25) is 4.98 Å². The van der Waals surface area contributed by atoms with Gasteiger partial charge in [-0.25, -0.2) is 0 Å². The molecule has 70 valence electrons. The van der Waals surface area contributed by atoms with E-state index in [9.17, 15) is 0 Å². The Labute approximate surface area is 85.0 Å². The Morgan fingerprint density at radius 3 is 2.92 bits per heavy atom. The average molecular weight is 193 g/mol. The standard InChI is InChI=1S/C11H15NS/c1-8-10(7-13)6-9-4-2-3-5-11(9)12-8/h6,13H,2-5,7H2,1H3. The highest BCUT2D eigenvalue weighted by Crippen LogP contribution is 2.22. The van der Waals surface area contributed by atoms with Crippen molar-refractivity contribution >= 4 is 12.6 Å². The minimum absolute atomic E-state index is 0.812. The molecule has 1 aliphatic carbocycles. The molecule has 0 aromatic carbocycles. The molecule has 2 rings (SSSR count). The van der Waals surface area contributed by atoms with Gasteiger partial charge in [0, 0.05) is 17.1 Å². The molecule has 0 amide bonds. The van der Waals surface area contributed by atoms with E-state index in [1.165, 1.54) is 42.5 Å². The first-order valence-electron chi connectivity index (χ1n) is 4.90. The molecule has 1 nitrogen and oxygen atoms in total. The van der Waals surface area contributed by atoms with Gasteiger partial charge in [-0.15, -0.1) is 0 Å². The van der Waals surface area contributed by atoms with Crippen LogP contribution < -0.4 is 0 Å². The number of nitrogens with zero attached hydrogens (tertiary/aromatic N) is 1. The van der Waals surface area contributed by atoms with Crippen LogP contribution >= 0.6 is 12.6 Å². The quantitative estimate of drug-likeness (QED) is 0.677. The molecule has 0 atom stereocenters. The van der Waals surface area contributed by atoms with Gasteiger partial charge < -0.3 is 0 Å². The van der Waals surface area contributed by atoms with E-state index in [2.05, 4.69) is 30.6 Å². The third-order valence-electron chi connectivity index (χ3n) is 2.77. The highest BCUT2D eigenvalue weighted by Gasteiger charge is 2.12. The number of fused-ring (bicyclic) bond motifs is 1. The second kappa shape index (κ2) is 3.70. The third kappa shape index (κ3) is 1.73. The van der Waals surface area contributed by atoms with Crippen molar-refractivity contribution in [1.29, 1.82) is 0 Å². The molecule has 0 radical (unpaired) electrons. The molecule has 0 bridgehead atoms. The lowest BCUT2D eigenvalue weighted by Crippen LogP contribution is -2.07. The number of hydrogen-bond donors (Lipinski definition) is 1. The number of aromatic nitrogens is 1. The van der Waals surface area contributed by atoms with Crippen LogP contribution in [0, 0.1) is 6.92 Å². The summed E-state index contributed by atoms with van der Waals surface area (Å²) in [5, 5.41) is 0. The smallest absolute Gasteiger partial charge is 0.0438 e. The molecule has 1 aromatic heterocycles. The minimum Gasteiger partial charge on any atom is -0.258 e. The monoisotopic (exact) mass is 193 g/mol. The molecule has 0 saturated carbocycles. The molecule has 1 aromatic rings. The van der Waals surface area contributed by atoms with Crippen molar-refractivity contribution in [2.24, 2.45) is 0 Å². The summed E-state index contributed by atoms with van der Waals surface area (Å²) in [6.45, 7) is 2.08. The lowest BCUT2D eigenvalue weighted by Gasteiger charge is -2.16. The molecule has 0 spiro atoms. The van der Waals surface area contributed by atoms with Crippen molar-refractivity contribution in [2.45, 2.75) is 38.4 Å². The van der Waals surface area contributed by atoms with Crippen molar-refractivity contribution in [1.82, 2.24) is 4.98 Å². The van der Waals surface area contributed by atoms with E-state index < -0.39 is 0 Å². The summed E-state index contributed by atoms with van der Waals surface area (Å²) in [5.74, 6) is 0.812. The van der Waals surface area contributed by atoms with Crippen molar-refractivity contribution in [2.75, 3.05) is 0 Å². The van der Waals surface area contributed by atoms with Crippen LogP contribution in [0.15, 0.2) is 6.07 Å². The highest BCUT2D eigenvalue weighted by molar-refractivity contribution is 7.79. The summed E-state index contributed by atoms with van der Waals surface area (Å²) in [6.07, 6.45) is 5.01. The molecule has 1 heterocycles. The van der Waals surface area contributed by atoms with Crippen LogP contribution in [0.25, 0.3) is 0 Å². The average Bonchev–Trinajstić information content (AvgIpc) is 2.17. The minimum atomic E-state index is 0.812. The first-order chi connectivity index (χ1) is 6.31. The molecule has 0 fully saturated rings. The van der Waals surface area contributed by atoms with Crippen LogP contribution in [0.1, 0.15) is 35.4 Å². The van der Waals surface area contributed by atoms with Crippen LogP contribution in [0.2, 0.25) is 0 Å². The van der Waals surface area contributed by atoms with Gasteiger partial charge in [0.1, 0.15) is 0 Å². The summed E-state index contributed by atoms with van der Waals surface area (Å²) < 4.78 is 0. The summed E-state index contributed by atoms with van der Waals surface area (Å²) in [7, 11) is 0. The number of thiol groups is 1. The second-order valence-electron chi connectivity index (χ2n) is 3.70. The summed E-state index contributed by atoms with van der Waals surface area (Å²) in [6, 6.07) is 2.30. The van der Waals surface area contributed by atoms with Gasteiger partial charge in [0.2, 0.25) is 0 Å². The predicted octanol–water partition coefficient (Wildman–Crippen LogP) is 2.70. The van der Waals surface area contributed by atoms with Gasteiger partial charge in [-0.1, -0.05) is 6.07 Å². The van der Waals surface area contributed by atoms with Crippen LogP contribution in [0.3, 0.4) is 0 Å². The Balaban J connectivity index is 2.44. The lowest BCUT2D eigenvalue weighted by molar-refractivity contribution is 0.664. The zero-order valence-electron chi connectivity index (χ0n) is 8.01. The Morgan fingerprint density at radius 1 is 1.38 bits per heavy atom. The van der Waals surface area contributed by atoms with E-state index in [0.717, 1.165) is 11.4 Å². The molecule has 1 aliphatic rings. The molecule has 13 heavy (non-hydrogen) atoms. The van der Waals surface area contributed by atoms with Crippen molar-refractivity contribution < 1.29 is 0 Å². The summed E-state index contributed by atoms with van der Waals surface area (Å²) in [4.78, 5) is 4.64. The van der Waals surface area contributed by atoms with Gasteiger partial charge in [0.05, 0.1) is 0 Å². The molecule has 0 saturated heterocycles. The SMILES string of the molecule is Cc1nc2c(cc1CS)CCCC2. The van der Waals surface area contributed by atoms with Gasteiger partial charge >= 0.3 is 0 Å². The van der Waals surface area contributed by atoms with E-state index >= 15 is 0 Å². The molecule has 0 N–H and O–H groups in total. The van der Waals surface area contributed by atoms with Gasteiger partial charge in [0.25, 0.3) is 0 Å². The number of pyridine rings is 1. The number of rotatable bonds is 1. The summed E-state index contributed by atoms with van der Waals surface area (Å²) >= 11 is 4.31. The number of aryl methyl sites for hydroxylation is 3. The fraction of sp³-hybridized carbons (Fsp3) is 0.545. The molecule has 0 unspecified atom stereocenters. The van der Waals surface area contributed by atoms with Crippen LogP contribution in [0.5, 0.6) is 0 Å². The maximum Gasteiger partial charge on any atom is 0.0438 e. The van der Waals surface area contributed by atoms with E-state index in [-0.39, 0.29) is 0 Å². The molecular weight excluding hydrogens is 178 g/mol. The predicted molar refractivity (Wildman–Crippen MR) is 58.3 cm³/mol. The normalized spacial score (nSPS) is 15.5. The highest BCUT2D eigenvalue weighted by atomic mass is 32.1. The first-order valence-corrected chi connectivity index (χ1v) is 5.53. The Hall–Kier alpha value is -0.500. The van der Waals surface area contributed by atoms with Crippen molar-refractivity contribution in [3.8, 4) is 0 Å². The van der Waals surface area contributed by atoms with E-state index in [1.54, 1.807) is 0 Å². The maximum atomic E-state index is 4.64. The molecule has 0 aliphatic heterocycles. The fourth-order valence-corrected chi connectivity index (χ4v) is 2.27. The number of hydrogen-bond acceptors (Lipinski definition) is 2. The van der Waals surface area contributed by atoms with E-state index in [1.807, 2.05) is 0 Å². The van der Waals surface area contributed by atoms with Gasteiger partial charge in [-0.05, 0) is 43.7 Å². The van der Waals surface area contributed by atoms with Crippen LogP contribution in [-0.2, 0) is 18.6 Å². The van der Waals surface area contributed by atoms with Gasteiger partial charge in [0.15, 0.2) is 0 Å². The largest absolute Gasteiger partial charge is 0.258 e. The second-order valence-corrected chi connectivity index (χ2v) is 4.02. The molecular formula is C11H15NS. The Morgan fingerprint density at radius 2 is 2.15 bits per heavy atom. The Bertz CT molecular complexity index is 320. The van der Waals surface area contributed by atoms with E-state index in [0.29, 0.717) is 0 Å². The fourth-order valence-electron chi connectivity index (χ4n) is 1.94. The molecule has 2 heteroatoms.